The predicted octanol–water partition coefficient (Wildman–Crippen LogP) is 2.71. The van der Waals surface area contributed by atoms with Crippen LogP contribution in [0.3, 0.4) is 0 Å². The third kappa shape index (κ3) is 2.52. The first-order valence-corrected chi connectivity index (χ1v) is 6.73. The molecule has 0 radical (unpaired) electrons. The summed E-state index contributed by atoms with van der Waals surface area (Å²) >= 11 is 1.59. The van der Waals surface area contributed by atoms with Gasteiger partial charge >= 0.3 is 5.97 Å². The SMILES string of the molecule is CC(CN)SCc1oc2ccccc2c1C(=O)O. The molecule has 1 aromatic carbocycles. The Morgan fingerprint density at radius 2 is 2.22 bits per heavy atom. The Hall–Kier alpha value is -1.46. The van der Waals surface area contributed by atoms with Crippen LogP contribution >= 0.6 is 11.8 Å². The second-order valence-electron chi connectivity index (χ2n) is 4.06. The number of para-hydroxylation sites is 1. The van der Waals surface area contributed by atoms with Gasteiger partial charge in [0.05, 0.1) is 5.75 Å². The van der Waals surface area contributed by atoms with Gasteiger partial charge in [0.25, 0.3) is 0 Å². The Bertz CT molecular complexity index is 564. The van der Waals surface area contributed by atoms with Gasteiger partial charge in [0, 0.05) is 17.2 Å². The summed E-state index contributed by atoms with van der Waals surface area (Å²) in [6.45, 7) is 2.57. The minimum atomic E-state index is -0.948. The van der Waals surface area contributed by atoms with Gasteiger partial charge in [-0.25, -0.2) is 4.79 Å². The molecule has 2 aromatic rings. The molecular formula is C13H15NO3S. The van der Waals surface area contributed by atoms with Crippen molar-refractivity contribution in [1.29, 1.82) is 0 Å². The summed E-state index contributed by atoms with van der Waals surface area (Å²) in [4.78, 5) is 11.3. The first-order chi connectivity index (χ1) is 8.63. The van der Waals surface area contributed by atoms with Gasteiger partial charge in [0.2, 0.25) is 0 Å². The summed E-state index contributed by atoms with van der Waals surface area (Å²) < 4.78 is 5.61. The van der Waals surface area contributed by atoms with E-state index < -0.39 is 5.97 Å². The fourth-order valence-electron chi connectivity index (χ4n) is 1.72. The number of hydrogen-bond acceptors (Lipinski definition) is 4. The van der Waals surface area contributed by atoms with Gasteiger partial charge < -0.3 is 15.3 Å². The van der Waals surface area contributed by atoms with E-state index >= 15 is 0 Å². The Kier molecular flexibility index (Phi) is 3.93. The lowest BCUT2D eigenvalue weighted by molar-refractivity contribution is 0.0697. The minimum Gasteiger partial charge on any atom is -0.478 e. The number of hydrogen-bond donors (Lipinski definition) is 2. The van der Waals surface area contributed by atoms with Crippen molar-refractivity contribution >= 4 is 28.7 Å². The van der Waals surface area contributed by atoms with Crippen LogP contribution in [0.2, 0.25) is 0 Å². The van der Waals surface area contributed by atoms with Crippen molar-refractivity contribution < 1.29 is 14.3 Å². The van der Waals surface area contributed by atoms with Crippen molar-refractivity contribution in [1.82, 2.24) is 0 Å². The Morgan fingerprint density at radius 3 is 2.89 bits per heavy atom. The number of aromatic carboxylic acids is 1. The summed E-state index contributed by atoms with van der Waals surface area (Å²) in [5.41, 5.74) is 6.42. The molecule has 0 aliphatic heterocycles. The maximum absolute atomic E-state index is 11.3. The highest BCUT2D eigenvalue weighted by Crippen LogP contribution is 2.29. The lowest BCUT2D eigenvalue weighted by atomic mass is 10.1. The number of furan rings is 1. The molecule has 0 spiro atoms. The maximum Gasteiger partial charge on any atom is 0.339 e. The van der Waals surface area contributed by atoms with Gasteiger partial charge in [-0.1, -0.05) is 25.1 Å². The Balaban J connectivity index is 2.37. The van der Waals surface area contributed by atoms with Gasteiger partial charge in [0.1, 0.15) is 16.9 Å². The highest BCUT2D eigenvalue weighted by molar-refractivity contribution is 7.99. The number of benzene rings is 1. The largest absolute Gasteiger partial charge is 0.478 e. The predicted molar refractivity (Wildman–Crippen MR) is 73.0 cm³/mol. The molecule has 4 nitrogen and oxygen atoms in total. The zero-order chi connectivity index (χ0) is 13.1. The molecule has 0 saturated carbocycles. The van der Waals surface area contributed by atoms with Gasteiger partial charge in [-0.15, -0.1) is 11.8 Å². The van der Waals surface area contributed by atoms with E-state index in [1.165, 1.54) is 0 Å². The molecule has 2 rings (SSSR count). The van der Waals surface area contributed by atoms with E-state index in [2.05, 4.69) is 0 Å². The van der Waals surface area contributed by atoms with Crippen LogP contribution in [0.1, 0.15) is 23.0 Å². The number of thioether (sulfide) groups is 1. The molecule has 18 heavy (non-hydrogen) atoms. The third-order valence-electron chi connectivity index (χ3n) is 2.71. The number of carboxylic acids is 1. The number of nitrogens with two attached hydrogens (primary N) is 1. The molecule has 1 atom stereocenters. The lowest BCUT2D eigenvalue weighted by Crippen LogP contribution is -2.12. The summed E-state index contributed by atoms with van der Waals surface area (Å²) in [7, 11) is 0. The van der Waals surface area contributed by atoms with Crippen molar-refractivity contribution in [3.63, 3.8) is 0 Å². The molecule has 3 N–H and O–H groups in total. The summed E-state index contributed by atoms with van der Waals surface area (Å²) in [6, 6.07) is 7.19. The highest BCUT2D eigenvalue weighted by atomic mass is 32.2. The normalized spacial score (nSPS) is 12.8. The monoisotopic (exact) mass is 265 g/mol. The van der Waals surface area contributed by atoms with E-state index in [1.807, 2.05) is 19.1 Å². The zero-order valence-electron chi connectivity index (χ0n) is 10.1. The third-order valence-corrected chi connectivity index (χ3v) is 3.90. The van der Waals surface area contributed by atoms with E-state index in [0.29, 0.717) is 29.0 Å². The molecule has 1 aromatic heterocycles. The highest BCUT2D eigenvalue weighted by Gasteiger charge is 2.20. The standard InChI is InChI=1S/C13H15NO3S/c1-8(6-14)18-7-11-12(13(15)16)9-4-2-3-5-10(9)17-11/h2-5,8H,6-7,14H2,1H3,(H,15,16). The Morgan fingerprint density at radius 1 is 1.50 bits per heavy atom. The van der Waals surface area contributed by atoms with Gasteiger partial charge in [0.15, 0.2) is 0 Å². The van der Waals surface area contributed by atoms with Crippen LogP contribution in [-0.4, -0.2) is 22.9 Å². The second-order valence-corrected chi connectivity index (χ2v) is 5.49. The van der Waals surface area contributed by atoms with Crippen molar-refractivity contribution in [2.75, 3.05) is 6.54 Å². The fourth-order valence-corrected chi connectivity index (χ4v) is 2.49. The zero-order valence-corrected chi connectivity index (χ0v) is 10.9. The molecule has 1 heterocycles. The summed E-state index contributed by atoms with van der Waals surface area (Å²) in [5.74, 6) is 0.0826. The average Bonchev–Trinajstić information content (AvgIpc) is 2.74. The quantitative estimate of drug-likeness (QED) is 0.869. The molecule has 1 unspecified atom stereocenters. The van der Waals surface area contributed by atoms with Crippen molar-refractivity contribution in [2.24, 2.45) is 5.73 Å². The first kappa shape index (κ1) is 13.0. The molecule has 0 aliphatic carbocycles. The molecule has 0 fully saturated rings. The second kappa shape index (κ2) is 5.46. The minimum absolute atomic E-state index is 0.266. The van der Waals surface area contributed by atoms with E-state index in [0.717, 1.165) is 0 Å². The van der Waals surface area contributed by atoms with Gasteiger partial charge in [-0.2, -0.15) is 0 Å². The van der Waals surface area contributed by atoms with E-state index in [4.69, 9.17) is 10.2 Å². The molecule has 0 aliphatic rings. The smallest absolute Gasteiger partial charge is 0.339 e. The van der Waals surface area contributed by atoms with Crippen LogP contribution in [0.5, 0.6) is 0 Å². The average molecular weight is 265 g/mol. The van der Waals surface area contributed by atoms with E-state index in [-0.39, 0.29) is 10.8 Å². The van der Waals surface area contributed by atoms with Crippen LogP contribution in [0, 0.1) is 0 Å². The molecule has 5 heteroatoms. The Labute approximate surface area is 109 Å². The van der Waals surface area contributed by atoms with Crippen LogP contribution < -0.4 is 5.73 Å². The van der Waals surface area contributed by atoms with Crippen molar-refractivity contribution in [3.8, 4) is 0 Å². The lowest BCUT2D eigenvalue weighted by Gasteiger charge is -2.06. The van der Waals surface area contributed by atoms with Crippen molar-refractivity contribution in [3.05, 3.63) is 35.6 Å². The molecule has 0 bridgehead atoms. The number of carboxylic acid groups (broad SMARTS) is 1. The fraction of sp³-hybridized carbons (Fsp3) is 0.308. The molecule has 0 saturated heterocycles. The summed E-state index contributed by atoms with van der Waals surface area (Å²) in [5, 5.41) is 10.2. The maximum atomic E-state index is 11.3. The molecule has 0 amide bonds. The van der Waals surface area contributed by atoms with Crippen LogP contribution in [0.4, 0.5) is 0 Å². The van der Waals surface area contributed by atoms with E-state index in [9.17, 15) is 9.90 Å². The van der Waals surface area contributed by atoms with Crippen LogP contribution in [0.15, 0.2) is 28.7 Å². The number of fused-ring (bicyclic) bond motifs is 1. The topological polar surface area (TPSA) is 76.5 Å². The van der Waals surface area contributed by atoms with Crippen molar-refractivity contribution in [2.45, 2.75) is 17.9 Å². The first-order valence-electron chi connectivity index (χ1n) is 5.69. The molecule has 96 valence electrons. The number of carbonyl (C=O) groups is 1. The van der Waals surface area contributed by atoms with Gasteiger partial charge in [-0.05, 0) is 6.07 Å². The van der Waals surface area contributed by atoms with Crippen LogP contribution in [-0.2, 0) is 5.75 Å². The molecular weight excluding hydrogens is 250 g/mol. The van der Waals surface area contributed by atoms with Gasteiger partial charge in [-0.3, -0.25) is 0 Å². The number of rotatable bonds is 5. The van der Waals surface area contributed by atoms with Crippen LogP contribution in [0.25, 0.3) is 11.0 Å². The summed E-state index contributed by atoms with van der Waals surface area (Å²) in [6.07, 6.45) is 0. The van der Waals surface area contributed by atoms with E-state index in [1.54, 1.807) is 23.9 Å².